The van der Waals surface area contributed by atoms with E-state index in [1.165, 1.54) is 0 Å². The largest absolute Gasteiger partial charge is 0.476 e. The second-order valence-corrected chi connectivity index (χ2v) is 6.62. The number of amides is 1. The molecule has 2 aromatic heterocycles. The van der Waals surface area contributed by atoms with E-state index in [1.54, 1.807) is 0 Å². The van der Waals surface area contributed by atoms with Gasteiger partial charge in [-0.15, -0.1) is 11.3 Å². The van der Waals surface area contributed by atoms with Crippen molar-refractivity contribution in [2.45, 2.75) is 38.5 Å². The fourth-order valence-corrected chi connectivity index (χ4v) is 3.35. The number of hydrogen-bond acceptors (Lipinski definition) is 5. The van der Waals surface area contributed by atoms with Crippen LogP contribution in [0.15, 0.2) is 0 Å². The van der Waals surface area contributed by atoms with Gasteiger partial charge in [-0.25, -0.2) is 14.5 Å². The van der Waals surface area contributed by atoms with Gasteiger partial charge in [0.1, 0.15) is 16.3 Å². The van der Waals surface area contributed by atoms with Crippen LogP contribution in [0.5, 0.6) is 0 Å². The van der Waals surface area contributed by atoms with Gasteiger partial charge < -0.3 is 10.4 Å². The van der Waals surface area contributed by atoms with Gasteiger partial charge in [-0.3, -0.25) is 4.79 Å². The molecule has 0 unspecified atom stereocenters. The van der Waals surface area contributed by atoms with Crippen molar-refractivity contribution in [2.24, 2.45) is 5.92 Å². The zero-order valence-corrected chi connectivity index (χ0v) is 13.1. The number of halogens is 3. The minimum absolute atomic E-state index is 0.0188. The van der Waals surface area contributed by atoms with Gasteiger partial charge >= 0.3 is 12.1 Å². The average Bonchev–Trinajstić information content (AvgIpc) is 2.93. The van der Waals surface area contributed by atoms with Crippen LogP contribution in [0.25, 0.3) is 10.3 Å². The number of hydrogen-bond donors (Lipinski definition) is 2. The molecule has 130 valence electrons. The summed E-state index contributed by atoms with van der Waals surface area (Å²) < 4.78 is 38.4. The molecule has 3 rings (SSSR count). The monoisotopic (exact) mass is 362 g/mol. The van der Waals surface area contributed by atoms with E-state index in [4.69, 9.17) is 5.11 Å². The molecule has 24 heavy (non-hydrogen) atoms. The summed E-state index contributed by atoms with van der Waals surface area (Å²) in [7, 11) is 0. The highest BCUT2D eigenvalue weighted by molar-refractivity contribution is 7.18. The molecule has 1 aliphatic rings. The van der Waals surface area contributed by atoms with Crippen molar-refractivity contribution >= 4 is 33.6 Å². The Morgan fingerprint density at radius 1 is 1.38 bits per heavy atom. The van der Waals surface area contributed by atoms with Gasteiger partial charge in [0.05, 0.1) is 6.54 Å². The third-order valence-corrected chi connectivity index (χ3v) is 4.81. The average molecular weight is 362 g/mol. The molecule has 1 fully saturated rings. The molecule has 0 spiro atoms. The van der Waals surface area contributed by atoms with Gasteiger partial charge in [0.2, 0.25) is 5.91 Å². The first-order valence-corrected chi connectivity index (χ1v) is 8.00. The standard InChI is InChI=1S/C13H13F3N4O3S/c14-13(15,16)5-20-10-9(8(19-20)12(22)23)24-7(18-10)4-17-11(21)6-2-1-3-6/h6H,1-5H2,(H,17,21)(H,22,23). The quantitative estimate of drug-likeness (QED) is 0.850. The third kappa shape index (κ3) is 3.35. The second-order valence-electron chi connectivity index (χ2n) is 5.53. The van der Waals surface area contributed by atoms with Crippen LogP contribution in [0.1, 0.15) is 34.8 Å². The summed E-state index contributed by atoms with van der Waals surface area (Å²) in [6, 6.07) is 0. The number of carboxylic acid groups (broad SMARTS) is 1. The Labute approximate surface area is 137 Å². The van der Waals surface area contributed by atoms with E-state index in [0.717, 1.165) is 30.6 Å². The lowest BCUT2D eigenvalue weighted by atomic mass is 9.85. The van der Waals surface area contributed by atoms with E-state index in [-0.39, 0.29) is 28.7 Å². The van der Waals surface area contributed by atoms with E-state index < -0.39 is 24.4 Å². The molecule has 0 bridgehead atoms. The number of aromatic nitrogens is 3. The van der Waals surface area contributed by atoms with E-state index in [0.29, 0.717) is 9.69 Å². The minimum atomic E-state index is -4.54. The summed E-state index contributed by atoms with van der Waals surface area (Å²) in [5.41, 5.74) is -0.606. The predicted octanol–water partition coefficient (Wildman–Crippen LogP) is 2.17. The highest BCUT2D eigenvalue weighted by atomic mass is 32.1. The summed E-state index contributed by atoms with van der Waals surface area (Å²) in [6.45, 7) is -1.37. The molecular formula is C13H13F3N4O3S. The summed E-state index contributed by atoms with van der Waals surface area (Å²) in [5, 5.41) is 15.6. The number of aromatic carboxylic acids is 1. The lowest BCUT2D eigenvalue weighted by Crippen LogP contribution is -2.33. The molecule has 7 nitrogen and oxygen atoms in total. The van der Waals surface area contributed by atoms with E-state index in [1.807, 2.05) is 0 Å². The number of carboxylic acids is 1. The smallest absolute Gasteiger partial charge is 0.408 e. The van der Waals surface area contributed by atoms with Crippen LogP contribution in [0, 0.1) is 5.92 Å². The molecule has 2 heterocycles. The highest BCUT2D eigenvalue weighted by Crippen LogP contribution is 2.29. The number of nitrogens with zero attached hydrogens (tertiary/aromatic N) is 3. The van der Waals surface area contributed by atoms with Crippen LogP contribution in [0.3, 0.4) is 0 Å². The Kier molecular flexibility index (Phi) is 4.20. The number of fused-ring (bicyclic) bond motifs is 1. The van der Waals surface area contributed by atoms with Crippen molar-refractivity contribution in [3.63, 3.8) is 0 Å². The minimum Gasteiger partial charge on any atom is -0.476 e. The number of carbonyl (C=O) groups is 2. The molecule has 0 atom stereocenters. The maximum absolute atomic E-state index is 12.6. The lowest BCUT2D eigenvalue weighted by Gasteiger charge is -2.23. The maximum Gasteiger partial charge on any atom is 0.408 e. The van der Waals surface area contributed by atoms with E-state index in [2.05, 4.69) is 15.4 Å². The Balaban J connectivity index is 1.83. The highest BCUT2D eigenvalue weighted by Gasteiger charge is 2.32. The number of alkyl halides is 3. The lowest BCUT2D eigenvalue weighted by molar-refractivity contribution is -0.142. The van der Waals surface area contributed by atoms with Gasteiger partial charge in [0.25, 0.3) is 0 Å². The molecule has 1 saturated carbocycles. The fourth-order valence-electron chi connectivity index (χ4n) is 2.37. The zero-order valence-electron chi connectivity index (χ0n) is 12.3. The molecular weight excluding hydrogens is 349 g/mol. The summed E-state index contributed by atoms with van der Waals surface area (Å²) in [5.74, 6) is -1.56. The van der Waals surface area contributed by atoms with Crippen LogP contribution in [-0.2, 0) is 17.9 Å². The second kappa shape index (κ2) is 6.04. The first kappa shape index (κ1) is 16.7. The molecule has 1 amide bonds. The molecule has 2 aromatic rings. The van der Waals surface area contributed by atoms with Crippen molar-refractivity contribution in [3.05, 3.63) is 10.7 Å². The van der Waals surface area contributed by atoms with Crippen LogP contribution < -0.4 is 5.32 Å². The number of nitrogens with one attached hydrogen (secondary N) is 1. The molecule has 2 N–H and O–H groups in total. The van der Waals surface area contributed by atoms with E-state index in [9.17, 15) is 22.8 Å². The fraction of sp³-hybridized carbons (Fsp3) is 0.538. The Bertz CT molecular complexity index is 794. The topological polar surface area (TPSA) is 97.1 Å². The van der Waals surface area contributed by atoms with Crippen LogP contribution >= 0.6 is 11.3 Å². The summed E-state index contributed by atoms with van der Waals surface area (Å²) >= 11 is 0.921. The van der Waals surface area contributed by atoms with Crippen LogP contribution in [-0.4, -0.2) is 37.9 Å². The normalized spacial score (nSPS) is 15.5. The Morgan fingerprint density at radius 2 is 2.08 bits per heavy atom. The van der Waals surface area contributed by atoms with Crippen LogP contribution in [0.4, 0.5) is 13.2 Å². The summed E-state index contributed by atoms with van der Waals surface area (Å²) in [6.07, 6.45) is -1.88. The molecule has 1 aliphatic carbocycles. The van der Waals surface area contributed by atoms with Gasteiger partial charge in [0, 0.05) is 5.92 Å². The predicted molar refractivity (Wildman–Crippen MR) is 77.6 cm³/mol. The Morgan fingerprint density at radius 3 is 2.62 bits per heavy atom. The summed E-state index contributed by atoms with van der Waals surface area (Å²) in [4.78, 5) is 27.0. The molecule has 0 aliphatic heterocycles. The van der Waals surface area contributed by atoms with Gasteiger partial charge in [-0.05, 0) is 12.8 Å². The van der Waals surface area contributed by atoms with E-state index >= 15 is 0 Å². The first-order chi connectivity index (χ1) is 11.2. The molecule has 0 saturated heterocycles. The SMILES string of the molecule is O=C(O)c1nn(CC(F)(F)F)c2nc(CNC(=O)C3CCC3)sc12. The molecule has 11 heteroatoms. The van der Waals surface area contributed by atoms with Crippen molar-refractivity contribution < 1.29 is 27.9 Å². The van der Waals surface area contributed by atoms with Crippen molar-refractivity contribution in [3.8, 4) is 0 Å². The van der Waals surface area contributed by atoms with Crippen molar-refractivity contribution in [2.75, 3.05) is 0 Å². The molecule has 0 radical (unpaired) electrons. The first-order valence-electron chi connectivity index (χ1n) is 7.18. The van der Waals surface area contributed by atoms with Crippen LogP contribution in [0.2, 0.25) is 0 Å². The zero-order chi connectivity index (χ0) is 17.5. The van der Waals surface area contributed by atoms with Crippen molar-refractivity contribution in [1.29, 1.82) is 0 Å². The molecule has 0 aromatic carbocycles. The van der Waals surface area contributed by atoms with Gasteiger partial charge in [-0.1, -0.05) is 6.42 Å². The van der Waals surface area contributed by atoms with Crippen molar-refractivity contribution in [1.82, 2.24) is 20.1 Å². The number of carbonyl (C=O) groups excluding carboxylic acids is 1. The number of rotatable bonds is 5. The van der Waals surface area contributed by atoms with Gasteiger partial charge in [0.15, 0.2) is 11.3 Å². The maximum atomic E-state index is 12.6. The third-order valence-electron chi connectivity index (χ3n) is 3.76. The number of thiazole rings is 1. The van der Waals surface area contributed by atoms with Gasteiger partial charge in [-0.2, -0.15) is 18.3 Å². The Hall–Kier alpha value is -2.17.